The highest BCUT2D eigenvalue weighted by molar-refractivity contribution is 5.82. The normalized spacial score (nSPS) is 38.2. The van der Waals surface area contributed by atoms with Crippen molar-refractivity contribution >= 4 is 5.97 Å². The van der Waals surface area contributed by atoms with E-state index in [1.165, 1.54) is 19.6 Å². The smallest absolute Gasteiger partial charge is 0.330 e. The molecule has 1 aliphatic heterocycles. The summed E-state index contributed by atoms with van der Waals surface area (Å²) in [6, 6.07) is 0. The van der Waals surface area contributed by atoms with Crippen LogP contribution >= 0.6 is 0 Å². The second-order valence-electron chi connectivity index (χ2n) is 3.31. The first-order chi connectivity index (χ1) is 5.77. The Bertz CT molecular complexity index is 234. The van der Waals surface area contributed by atoms with Crippen molar-refractivity contribution in [1.29, 1.82) is 0 Å². The van der Waals surface area contributed by atoms with Gasteiger partial charge in [0.15, 0.2) is 0 Å². The van der Waals surface area contributed by atoms with Gasteiger partial charge in [0.1, 0.15) is 5.60 Å². The largest absolute Gasteiger partial charge is 0.466 e. The van der Waals surface area contributed by atoms with Gasteiger partial charge in [0.2, 0.25) is 0 Å². The van der Waals surface area contributed by atoms with Crippen LogP contribution in [0.1, 0.15) is 19.3 Å². The first-order valence-electron chi connectivity index (χ1n) is 4.22. The van der Waals surface area contributed by atoms with E-state index in [1.807, 2.05) is 6.08 Å². The lowest BCUT2D eigenvalue weighted by atomic mass is 10.1. The molecule has 66 valence electrons. The molecule has 1 saturated carbocycles. The number of rotatable bonds is 2. The van der Waals surface area contributed by atoms with Crippen LogP contribution in [0.25, 0.3) is 0 Å². The SMILES string of the molecule is COC(=O)/C=C/C12CCCC1O2. The fourth-order valence-corrected chi connectivity index (χ4v) is 1.82. The Morgan fingerprint density at radius 1 is 1.75 bits per heavy atom. The van der Waals surface area contributed by atoms with E-state index in [1.54, 1.807) is 0 Å². The first kappa shape index (κ1) is 7.80. The monoisotopic (exact) mass is 168 g/mol. The molecule has 0 N–H and O–H groups in total. The zero-order valence-electron chi connectivity index (χ0n) is 7.08. The Kier molecular flexibility index (Phi) is 1.68. The number of fused-ring (bicyclic) bond motifs is 1. The quantitative estimate of drug-likeness (QED) is 0.351. The van der Waals surface area contributed by atoms with Crippen LogP contribution in [0.3, 0.4) is 0 Å². The average Bonchev–Trinajstić information content (AvgIpc) is 2.65. The van der Waals surface area contributed by atoms with E-state index in [4.69, 9.17) is 4.74 Å². The molecule has 3 nitrogen and oxygen atoms in total. The third-order valence-corrected chi connectivity index (χ3v) is 2.59. The van der Waals surface area contributed by atoms with Crippen molar-refractivity contribution in [3.8, 4) is 0 Å². The van der Waals surface area contributed by atoms with E-state index in [0.717, 1.165) is 12.8 Å². The van der Waals surface area contributed by atoms with Crippen LogP contribution in [0.2, 0.25) is 0 Å². The summed E-state index contributed by atoms with van der Waals surface area (Å²) in [5, 5.41) is 0. The number of epoxide rings is 1. The lowest BCUT2D eigenvalue weighted by Gasteiger charge is -1.98. The van der Waals surface area contributed by atoms with E-state index in [0.29, 0.717) is 6.10 Å². The maximum absolute atomic E-state index is 10.8. The highest BCUT2D eigenvalue weighted by Gasteiger charge is 2.57. The van der Waals surface area contributed by atoms with Crippen LogP contribution in [0.15, 0.2) is 12.2 Å². The minimum Gasteiger partial charge on any atom is -0.466 e. The van der Waals surface area contributed by atoms with Gasteiger partial charge in [0.05, 0.1) is 13.2 Å². The Labute approximate surface area is 71.3 Å². The average molecular weight is 168 g/mol. The van der Waals surface area contributed by atoms with Gasteiger partial charge in [-0.15, -0.1) is 0 Å². The predicted octanol–water partition coefficient (Wildman–Crippen LogP) is 1.04. The molecule has 2 unspecified atom stereocenters. The first-order valence-corrected chi connectivity index (χ1v) is 4.22. The van der Waals surface area contributed by atoms with Crippen molar-refractivity contribution in [1.82, 2.24) is 0 Å². The van der Waals surface area contributed by atoms with Crippen LogP contribution in [-0.4, -0.2) is 24.8 Å². The molecule has 3 heteroatoms. The standard InChI is InChI=1S/C9H12O3/c1-11-8(10)4-6-9-5-2-3-7(9)12-9/h4,6-7H,2-3,5H2,1H3/b6-4+. The van der Waals surface area contributed by atoms with Gasteiger partial charge in [-0.05, 0) is 25.3 Å². The molecule has 2 rings (SSSR count). The fraction of sp³-hybridized carbons (Fsp3) is 0.667. The second kappa shape index (κ2) is 2.59. The van der Waals surface area contributed by atoms with Crippen LogP contribution in [-0.2, 0) is 14.3 Å². The Morgan fingerprint density at radius 2 is 2.58 bits per heavy atom. The highest BCUT2D eigenvalue weighted by Crippen LogP contribution is 2.50. The van der Waals surface area contributed by atoms with E-state index in [2.05, 4.69) is 4.74 Å². The molecule has 2 fully saturated rings. The minimum absolute atomic E-state index is 0.0891. The van der Waals surface area contributed by atoms with E-state index < -0.39 is 0 Å². The molecule has 0 aromatic carbocycles. The number of hydrogen-bond donors (Lipinski definition) is 0. The van der Waals surface area contributed by atoms with Crippen molar-refractivity contribution < 1.29 is 14.3 Å². The van der Waals surface area contributed by atoms with Gasteiger partial charge >= 0.3 is 5.97 Å². The molecular formula is C9H12O3. The summed E-state index contributed by atoms with van der Waals surface area (Å²) >= 11 is 0. The lowest BCUT2D eigenvalue weighted by molar-refractivity contribution is -0.134. The number of esters is 1. The number of hydrogen-bond acceptors (Lipinski definition) is 3. The van der Waals surface area contributed by atoms with Gasteiger partial charge in [0, 0.05) is 6.08 Å². The maximum atomic E-state index is 10.8. The molecule has 1 saturated heterocycles. The molecule has 1 heterocycles. The van der Waals surface area contributed by atoms with Crippen molar-refractivity contribution in [2.45, 2.75) is 31.0 Å². The predicted molar refractivity (Wildman–Crippen MR) is 42.6 cm³/mol. The van der Waals surface area contributed by atoms with Crippen molar-refractivity contribution in [2.24, 2.45) is 0 Å². The third kappa shape index (κ3) is 1.14. The van der Waals surface area contributed by atoms with Gasteiger partial charge in [-0.3, -0.25) is 0 Å². The molecule has 2 aliphatic rings. The van der Waals surface area contributed by atoms with E-state index in [-0.39, 0.29) is 11.6 Å². The molecule has 0 spiro atoms. The molecule has 12 heavy (non-hydrogen) atoms. The third-order valence-electron chi connectivity index (χ3n) is 2.59. The highest BCUT2D eigenvalue weighted by atomic mass is 16.6. The summed E-state index contributed by atoms with van der Waals surface area (Å²) in [6.07, 6.45) is 7.06. The Balaban J connectivity index is 1.95. The molecule has 0 aromatic heterocycles. The Hall–Kier alpha value is -0.830. The molecular weight excluding hydrogens is 156 g/mol. The van der Waals surface area contributed by atoms with Gasteiger partial charge in [-0.1, -0.05) is 0 Å². The fourth-order valence-electron chi connectivity index (χ4n) is 1.82. The molecule has 0 radical (unpaired) electrons. The number of methoxy groups -OCH3 is 1. The summed E-state index contributed by atoms with van der Waals surface area (Å²) in [5.41, 5.74) is -0.0891. The summed E-state index contributed by atoms with van der Waals surface area (Å²) in [7, 11) is 1.38. The summed E-state index contributed by atoms with van der Waals surface area (Å²) < 4.78 is 9.93. The van der Waals surface area contributed by atoms with Crippen LogP contribution in [0.4, 0.5) is 0 Å². The number of carbonyl (C=O) groups excluding carboxylic acids is 1. The van der Waals surface area contributed by atoms with E-state index >= 15 is 0 Å². The zero-order valence-corrected chi connectivity index (χ0v) is 7.08. The lowest BCUT2D eigenvalue weighted by Crippen LogP contribution is -2.06. The summed E-state index contributed by atoms with van der Waals surface area (Å²) in [4.78, 5) is 10.8. The molecule has 2 atom stereocenters. The van der Waals surface area contributed by atoms with Crippen LogP contribution < -0.4 is 0 Å². The van der Waals surface area contributed by atoms with Crippen molar-refractivity contribution in [2.75, 3.05) is 7.11 Å². The van der Waals surface area contributed by atoms with Gasteiger partial charge in [0.25, 0.3) is 0 Å². The zero-order chi connectivity index (χ0) is 8.60. The topological polar surface area (TPSA) is 38.8 Å². The second-order valence-corrected chi connectivity index (χ2v) is 3.31. The van der Waals surface area contributed by atoms with E-state index in [9.17, 15) is 4.79 Å². The molecule has 0 amide bonds. The van der Waals surface area contributed by atoms with Crippen molar-refractivity contribution in [3.05, 3.63) is 12.2 Å². The van der Waals surface area contributed by atoms with Gasteiger partial charge in [-0.25, -0.2) is 4.79 Å². The van der Waals surface area contributed by atoms with Gasteiger partial charge in [-0.2, -0.15) is 0 Å². The van der Waals surface area contributed by atoms with Crippen LogP contribution in [0, 0.1) is 0 Å². The summed E-state index contributed by atoms with van der Waals surface area (Å²) in [6.45, 7) is 0. The van der Waals surface area contributed by atoms with Crippen LogP contribution in [0.5, 0.6) is 0 Å². The molecule has 0 bridgehead atoms. The Morgan fingerprint density at radius 3 is 3.08 bits per heavy atom. The summed E-state index contributed by atoms with van der Waals surface area (Å²) in [5.74, 6) is -0.300. The number of carbonyl (C=O) groups is 1. The number of ether oxygens (including phenoxy) is 2. The minimum atomic E-state index is -0.300. The maximum Gasteiger partial charge on any atom is 0.330 e. The molecule has 1 aliphatic carbocycles. The van der Waals surface area contributed by atoms with Crippen molar-refractivity contribution in [3.63, 3.8) is 0 Å². The molecule has 0 aromatic rings. The van der Waals surface area contributed by atoms with Gasteiger partial charge < -0.3 is 9.47 Å².